The van der Waals surface area contributed by atoms with Gasteiger partial charge in [-0.15, -0.1) is 12.4 Å². The van der Waals surface area contributed by atoms with Gasteiger partial charge in [-0.2, -0.15) is 0 Å². The summed E-state index contributed by atoms with van der Waals surface area (Å²) in [6.07, 6.45) is 9.64. The van der Waals surface area contributed by atoms with Crippen molar-refractivity contribution >= 4 is 30.1 Å². The molecular weight excluding hydrogens is 464 g/mol. The molecule has 2 fully saturated rings. The van der Waals surface area contributed by atoms with Crippen molar-refractivity contribution in [1.82, 2.24) is 15.1 Å². The number of hydrogen-bond acceptors (Lipinski definition) is 4. The minimum absolute atomic E-state index is 0. The lowest BCUT2D eigenvalue weighted by atomic mass is 9.83. The SMILES string of the molecule is C[C@H](N)C(=O)N[C@H](C(=O)N1CCC[C@H]1C(=O)N(C)[C@@H]1CCCc2ccccc21)C1CCCCC1.Cl. The van der Waals surface area contributed by atoms with Crippen LogP contribution in [0.3, 0.4) is 0 Å². The van der Waals surface area contributed by atoms with E-state index in [0.29, 0.717) is 13.0 Å². The number of carbonyl (C=O) groups excluding carboxylic acids is 3. The number of aryl methyl sites for hydroxylation is 1. The Labute approximate surface area is 215 Å². The molecule has 4 atom stereocenters. The van der Waals surface area contributed by atoms with Gasteiger partial charge < -0.3 is 20.9 Å². The number of amides is 3. The number of carbonyl (C=O) groups is 3. The molecule has 0 unspecified atom stereocenters. The Morgan fingerprint density at radius 1 is 1.03 bits per heavy atom. The van der Waals surface area contributed by atoms with Crippen LogP contribution in [0.15, 0.2) is 24.3 Å². The summed E-state index contributed by atoms with van der Waals surface area (Å²) in [5.74, 6) is -0.312. The van der Waals surface area contributed by atoms with E-state index in [4.69, 9.17) is 5.73 Å². The third-order valence-electron chi connectivity index (χ3n) is 8.07. The van der Waals surface area contributed by atoms with Gasteiger partial charge in [0.25, 0.3) is 0 Å². The molecule has 0 spiro atoms. The molecule has 1 saturated carbocycles. The molecule has 0 bridgehead atoms. The molecule has 194 valence electrons. The van der Waals surface area contributed by atoms with Gasteiger partial charge in [0, 0.05) is 13.6 Å². The van der Waals surface area contributed by atoms with Gasteiger partial charge in [0.05, 0.1) is 12.1 Å². The number of hydrogen-bond donors (Lipinski definition) is 2. The van der Waals surface area contributed by atoms with Crippen molar-refractivity contribution in [3.63, 3.8) is 0 Å². The second-order valence-corrected chi connectivity index (χ2v) is 10.4. The van der Waals surface area contributed by atoms with Crippen LogP contribution in [0.4, 0.5) is 0 Å². The summed E-state index contributed by atoms with van der Waals surface area (Å²) in [4.78, 5) is 43.6. The topological polar surface area (TPSA) is 95.7 Å². The number of fused-ring (bicyclic) bond motifs is 1. The molecule has 8 heteroatoms. The highest BCUT2D eigenvalue weighted by Crippen LogP contribution is 2.35. The molecule has 35 heavy (non-hydrogen) atoms. The number of nitrogens with one attached hydrogen (secondary N) is 1. The van der Waals surface area contributed by atoms with Crippen molar-refractivity contribution in [2.45, 2.75) is 95.3 Å². The van der Waals surface area contributed by atoms with E-state index in [1.165, 1.54) is 11.1 Å². The van der Waals surface area contributed by atoms with Crippen molar-refractivity contribution in [1.29, 1.82) is 0 Å². The zero-order valence-corrected chi connectivity index (χ0v) is 21.9. The second-order valence-electron chi connectivity index (χ2n) is 10.4. The summed E-state index contributed by atoms with van der Waals surface area (Å²) < 4.78 is 0. The van der Waals surface area contributed by atoms with E-state index in [1.54, 1.807) is 11.8 Å². The highest BCUT2D eigenvalue weighted by atomic mass is 35.5. The Hall–Kier alpha value is -2.12. The lowest BCUT2D eigenvalue weighted by Gasteiger charge is -2.38. The lowest BCUT2D eigenvalue weighted by Crippen LogP contribution is -2.58. The number of halogens is 1. The van der Waals surface area contributed by atoms with E-state index in [2.05, 4.69) is 23.5 Å². The highest BCUT2D eigenvalue weighted by molar-refractivity contribution is 5.93. The van der Waals surface area contributed by atoms with Crippen molar-refractivity contribution in [2.75, 3.05) is 13.6 Å². The minimum Gasteiger partial charge on any atom is -0.343 e. The first-order valence-electron chi connectivity index (χ1n) is 13.1. The Balaban J connectivity index is 0.00000342. The number of likely N-dealkylation sites (N-methyl/N-ethyl adjacent to an activating group) is 1. The standard InChI is InChI=1S/C27H40N4O3.ClH/c1-18(28)25(32)29-24(20-11-4-3-5-12-20)27(34)31-17-9-16-23(31)26(33)30(2)22-15-8-13-19-10-6-7-14-21(19)22;/h6-7,10,14,18,20,22-24H,3-5,8-9,11-13,15-17,28H2,1-2H3,(H,29,32);1H/t18-,22+,23-,24-;/m0./s1. The van der Waals surface area contributed by atoms with Gasteiger partial charge in [-0.05, 0) is 68.9 Å². The van der Waals surface area contributed by atoms with Crippen LogP contribution in [-0.4, -0.2) is 59.2 Å². The summed E-state index contributed by atoms with van der Waals surface area (Å²) >= 11 is 0. The Morgan fingerprint density at radius 3 is 2.46 bits per heavy atom. The average molecular weight is 505 g/mol. The van der Waals surface area contributed by atoms with Gasteiger partial charge >= 0.3 is 0 Å². The number of likely N-dealkylation sites (tertiary alicyclic amines) is 1. The van der Waals surface area contributed by atoms with E-state index in [-0.39, 0.29) is 42.1 Å². The van der Waals surface area contributed by atoms with Gasteiger partial charge in [0.15, 0.2) is 0 Å². The van der Waals surface area contributed by atoms with Gasteiger partial charge in [0.2, 0.25) is 17.7 Å². The summed E-state index contributed by atoms with van der Waals surface area (Å²) in [6.45, 7) is 2.19. The molecule has 0 aromatic heterocycles. The number of nitrogens with zero attached hydrogens (tertiary/aromatic N) is 2. The van der Waals surface area contributed by atoms with Gasteiger partial charge in [-0.25, -0.2) is 0 Å². The summed E-state index contributed by atoms with van der Waals surface area (Å²) in [5.41, 5.74) is 8.35. The van der Waals surface area contributed by atoms with Crippen LogP contribution in [-0.2, 0) is 20.8 Å². The fraction of sp³-hybridized carbons (Fsp3) is 0.667. The van der Waals surface area contributed by atoms with Crippen molar-refractivity contribution in [3.05, 3.63) is 35.4 Å². The van der Waals surface area contributed by atoms with E-state index in [9.17, 15) is 14.4 Å². The van der Waals surface area contributed by atoms with Crippen LogP contribution in [0.2, 0.25) is 0 Å². The lowest BCUT2D eigenvalue weighted by molar-refractivity contribution is -0.147. The molecule has 3 amide bonds. The summed E-state index contributed by atoms with van der Waals surface area (Å²) in [5, 5.41) is 2.95. The molecule has 7 nitrogen and oxygen atoms in total. The molecule has 0 radical (unpaired) electrons. The molecule has 2 aliphatic carbocycles. The third-order valence-corrected chi connectivity index (χ3v) is 8.07. The van der Waals surface area contributed by atoms with Crippen LogP contribution >= 0.6 is 12.4 Å². The van der Waals surface area contributed by atoms with Crippen LogP contribution in [0.25, 0.3) is 0 Å². The maximum atomic E-state index is 13.8. The maximum Gasteiger partial charge on any atom is 0.246 e. The highest BCUT2D eigenvalue weighted by Gasteiger charge is 2.42. The molecular formula is C27H41ClN4O3. The van der Waals surface area contributed by atoms with Crippen molar-refractivity contribution < 1.29 is 14.4 Å². The molecule has 4 rings (SSSR count). The predicted molar refractivity (Wildman–Crippen MR) is 139 cm³/mol. The van der Waals surface area contributed by atoms with E-state index in [1.807, 2.05) is 18.0 Å². The largest absolute Gasteiger partial charge is 0.343 e. The molecule has 1 aromatic carbocycles. The maximum absolute atomic E-state index is 13.8. The van der Waals surface area contributed by atoms with Crippen molar-refractivity contribution in [3.8, 4) is 0 Å². The molecule has 3 N–H and O–H groups in total. The van der Waals surface area contributed by atoms with E-state index >= 15 is 0 Å². The number of nitrogens with two attached hydrogens (primary N) is 1. The Morgan fingerprint density at radius 2 is 1.74 bits per heavy atom. The first-order valence-corrected chi connectivity index (χ1v) is 13.1. The number of rotatable bonds is 6. The first-order chi connectivity index (χ1) is 16.4. The fourth-order valence-corrected chi connectivity index (χ4v) is 6.12. The minimum atomic E-state index is -0.674. The molecule has 1 saturated heterocycles. The molecule has 3 aliphatic rings. The zero-order valence-electron chi connectivity index (χ0n) is 21.1. The van der Waals surface area contributed by atoms with Gasteiger partial charge in [0.1, 0.15) is 12.1 Å². The van der Waals surface area contributed by atoms with Crippen LogP contribution in [0.5, 0.6) is 0 Å². The first kappa shape index (κ1) is 27.5. The Kier molecular flexibility index (Phi) is 9.59. The average Bonchev–Trinajstić information content (AvgIpc) is 3.36. The molecule has 1 aromatic rings. The van der Waals surface area contributed by atoms with Crippen LogP contribution in [0, 0.1) is 5.92 Å². The molecule has 1 heterocycles. The third kappa shape index (κ3) is 6.00. The Bertz CT molecular complexity index is 902. The quantitative estimate of drug-likeness (QED) is 0.621. The fourth-order valence-electron chi connectivity index (χ4n) is 6.12. The summed E-state index contributed by atoms with van der Waals surface area (Å²) in [6, 6.07) is 6.68. The summed E-state index contributed by atoms with van der Waals surface area (Å²) in [7, 11) is 1.88. The molecule has 1 aliphatic heterocycles. The smallest absolute Gasteiger partial charge is 0.246 e. The van der Waals surface area contributed by atoms with Gasteiger partial charge in [-0.1, -0.05) is 43.5 Å². The van der Waals surface area contributed by atoms with Crippen LogP contribution in [0.1, 0.15) is 81.9 Å². The number of benzene rings is 1. The van der Waals surface area contributed by atoms with E-state index in [0.717, 1.165) is 57.8 Å². The van der Waals surface area contributed by atoms with Crippen LogP contribution < -0.4 is 11.1 Å². The second kappa shape index (κ2) is 12.2. The normalized spacial score (nSPS) is 24.0. The van der Waals surface area contributed by atoms with Gasteiger partial charge in [-0.3, -0.25) is 14.4 Å². The van der Waals surface area contributed by atoms with E-state index < -0.39 is 18.1 Å². The zero-order chi connectivity index (χ0) is 24.2. The van der Waals surface area contributed by atoms with Crippen molar-refractivity contribution in [2.24, 2.45) is 11.7 Å². The predicted octanol–water partition coefficient (Wildman–Crippen LogP) is 3.35. The monoisotopic (exact) mass is 504 g/mol.